The lowest BCUT2D eigenvalue weighted by atomic mass is 10.1. The Hall–Kier alpha value is -3.48. The summed E-state index contributed by atoms with van der Waals surface area (Å²) in [6, 6.07) is 12.8. The van der Waals surface area contributed by atoms with Crippen LogP contribution in [0.2, 0.25) is 0 Å². The number of benzene rings is 2. The third-order valence-corrected chi connectivity index (χ3v) is 4.52. The molecule has 1 fully saturated rings. The predicted molar refractivity (Wildman–Crippen MR) is 98.8 cm³/mol. The van der Waals surface area contributed by atoms with Gasteiger partial charge in [-0.05, 0) is 30.7 Å². The topological polar surface area (TPSA) is 81.4 Å². The van der Waals surface area contributed by atoms with Crippen LogP contribution in [0, 0.1) is 5.82 Å². The van der Waals surface area contributed by atoms with Crippen LogP contribution in [0.5, 0.6) is 0 Å². The molecule has 1 aromatic heterocycles. The van der Waals surface area contributed by atoms with Crippen molar-refractivity contribution in [3.63, 3.8) is 0 Å². The van der Waals surface area contributed by atoms with E-state index in [9.17, 15) is 14.0 Å². The third kappa shape index (κ3) is 3.64. The monoisotopic (exact) mass is 380 g/mol. The molecule has 4 rings (SSSR count). The van der Waals surface area contributed by atoms with Gasteiger partial charge in [0.2, 0.25) is 11.8 Å². The maximum Gasteiger partial charge on any atom is 0.339 e. The van der Waals surface area contributed by atoms with Gasteiger partial charge in [-0.3, -0.25) is 4.79 Å². The van der Waals surface area contributed by atoms with Crippen molar-refractivity contribution in [1.82, 2.24) is 10.3 Å². The number of nitrogens with one attached hydrogen (secondary N) is 1. The van der Waals surface area contributed by atoms with Gasteiger partial charge in [0.25, 0.3) is 0 Å². The Kier molecular flexibility index (Phi) is 4.89. The molecule has 3 aromatic rings. The largest absolute Gasteiger partial charge is 0.460 e. The number of hydrogen-bond acceptors (Lipinski definition) is 5. The molecule has 1 unspecified atom stereocenters. The van der Waals surface area contributed by atoms with Crippen LogP contribution in [0.4, 0.5) is 4.39 Å². The van der Waals surface area contributed by atoms with Gasteiger partial charge in [0, 0.05) is 6.42 Å². The van der Waals surface area contributed by atoms with Crippen LogP contribution in [0.3, 0.4) is 0 Å². The second-order valence-electron chi connectivity index (χ2n) is 6.46. The Labute approximate surface area is 160 Å². The second kappa shape index (κ2) is 7.64. The molecule has 142 valence electrons. The lowest BCUT2D eigenvalue weighted by molar-refractivity contribution is -0.119. The summed E-state index contributed by atoms with van der Waals surface area (Å²) in [5.41, 5.74) is 1.03. The number of ether oxygens (including phenoxy) is 1. The number of oxazole rings is 1. The Morgan fingerprint density at radius 2 is 1.93 bits per heavy atom. The zero-order valence-electron chi connectivity index (χ0n) is 14.9. The molecule has 1 atom stereocenters. The van der Waals surface area contributed by atoms with E-state index in [-0.39, 0.29) is 35.8 Å². The molecule has 1 amide bonds. The van der Waals surface area contributed by atoms with Crippen LogP contribution in [0.1, 0.15) is 23.2 Å². The van der Waals surface area contributed by atoms with Crippen LogP contribution in [0.15, 0.2) is 59.1 Å². The Balaban J connectivity index is 1.55. The number of nitrogens with zero attached hydrogens (tertiary/aromatic N) is 1. The van der Waals surface area contributed by atoms with Gasteiger partial charge in [-0.25, -0.2) is 14.2 Å². The van der Waals surface area contributed by atoms with Gasteiger partial charge in [-0.15, -0.1) is 0 Å². The van der Waals surface area contributed by atoms with Crippen molar-refractivity contribution < 1.29 is 23.1 Å². The third-order valence-electron chi connectivity index (χ3n) is 4.52. The lowest BCUT2D eigenvalue weighted by Crippen LogP contribution is -2.30. The summed E-state index contributed by atoms with van der Waals surface area (Å²) < 4.78 is 25.0. The van der Waals surface area contributed by atoms with E-state index in [1.165, 1.54) is 12.3 Å². The van der Waals surface area contributed by atoms with Crippen LogP contribution >= 0.6 is 0 Å². The number of hydrogen-bond donors (Lipinski definition) is 1. The molecule has 0 spiro atoms. The highest BCUT2D eigenvalue weighted by atomic mass is 19.1. The average molecular weight is 380 g/mol. The van der Waals surface area contributed by atoms with Crippen LogP contribution in [-0.4, -0.2) is 29.5 Å². The minimum absolute atomic E-state index is 0.0399. The highest BCUT2D eigenvalue weighted by Gasteiger charge is 2.24. The fraction of sp³-hybridized carbons (Fsp3) is 0.190. The molecule has 1 aliphatic heterocycles. The highest BCUT2D eigenvalue weighted by molar-refractivity contribution is 5.96. The number of rotatable bonds is 5. The zero-order valence-corrected chi connectivity index (χ0v) is 14.9. The van der Waals surface area contributed by atoms with Crippen LogP contribution < -0.4 is 5.32 Å². The van der Waals surface area contributed by atoms with Gasteiger partial charge in [0.05, 0.1) is 28.9 Å². The summed E-state index contributed by atoms with van der Waals surface area (Å²) in [5, 5.41) is 2.75. The van der Waals surface area contributed by atoms with E-state index >= 15 is 0 Å². The van der Waals surface area contributed by atoms with Crippen molar-refractivity contribution >= 4 is 11.9 Å². The van der Waals surface area contributed by atoms with E-state index in [0.29, 0.717) is 24.0 Å². The first-order chi connectivity index (χ1) is 13.6. The van der Waals surface area contributed by atoms with Crippen molar-refractivity contribution in [3.05, 3.63) is 66.1 Å². The first-order valence-corrected chi connectivity index (χ1v) is 8.88. The van der Waals surface area contributed by atoms with Crippen LogP contribution in [-0.2, 0) is 9.53 Å². The second-order valence-corrected chi connectivity index (χ2v) is 6.46. The smallest absolute Gasteiger partial charge is 0.339 e. The van der Waals surface area contributed by atoms with Gasteiger partial charge < -0.3 is 14.5 Å². The van der Waals surface area contributed by atoms with E-state index in [0.717, 1.165) is 0 Å². The van der Waals surface area contributed by atoms with E-state index in [4.69, 9.17) is 9.15 Å². The van der Waals surface area contributed by atoms with Crippen molar-refractivity contribution in [2.75, 3.05) is 6.61 Å². The molecular formula is C21H17FN2O4. The summed E-state index contributed by atoms with van der Waals surface area (Å²) in [7, 11) is 0. The number of esters is 1. The molecule has 0 saturated carbocycles. The summed E-state index contributed by atoms with van der Waals surface area (Å²) >= 11 is 0. The number of halogens is 1. The maximum atomic E-state index is 14.0. The molecular weight excluding hydrogens is 363 g/mol. The molecule has 6 nitrogen and oxygen atoms in total. The first kappa shape index (κ1) is 17.9. The fourth-order valence-electron chi connectivity index (χ4n) is 3.09. The lowest BCUT2D eigenvalue weighted by Gasteiger charge is -2.12. The number of carbonyl (C=O) groups excluding carboxylic acids is 2. The van der Waals surface area contributed by atoms with Crippen molar-refractivity contribution in [1.29, 1.82) is 0 Å². The molecule has 0 bridgehead atoms. The SMILES string of the molecule is O=C1CCC(COC(=O)c2ccccc2-c2ncc(-c3ccccc3F)o2)N1. The standard InChI is InChI=1S/C21H17FN2O4/c22-17-8-4-3-7-16(17)18-11-23-20(28-18)14-5-1-2-6-15(14)21(26)27-12-13-9-10-19(25)24-13/h1-8,11,13H,9-10,12H2,(H,24,25). The highest BCUT2D eigenvalue weighted by Crippen LogP contribution is 2.29. The molecule has 1 N–H and O–H groups in total. The quantitative estimate of drug-likeness (QED) is 0.684. The molecule has 0 aliphatic carbocycles. The Morgan fingerprint density at radius 1 is 1.18 bits per heavy atom. The fourth-order valence-corrected chi connectivity index (χ4v) is 3.09. The maximum absolute atomic E-state index is 14.0. The van der Waals surface area contributed by atoms with Gasteiger partial charge in [-0.2, -0.15) is 0 Å². The summed E-state index contributed by atoms with van der Waals surface area (Å²) in [6.07, 6.45) is 2.50. The van der Waals surface area contributed by atoms with E-state index < -0.39 is 11.8 Å². The predicted octanol–water partition coefficient (Wildman–Crippen LogP) is 3.58. The summed E-state index contributed by atoms with van der Waals surface area (Å²) in [6.45, 7) is 0.102. The first-order valence-electron chi connectivity index (χ1n) is 8.88. The average Bonchev–Trinajstić information content (AvgIpc) is 3.36. The normalized spacial score (nSPS) is 16.0. The number of amides is 1. The van der Waals surface area contributed by atoms with Crippen LogP contribution in [0.25, 0.3) is 22.8 Å². The van der Waals surface area contributed by atoms with E-state index in [1.807, 2.05) is 0 Å². The molecule has 1 aliphatic rings. The van der Waals surface area contributed by atoms with Crippen molar-refractivity contribution in [2.24, 2.45) is 0 Å². The molecule has 7 heteroatoms. The van der Waals surface area contributed by atoms with Gasteiger partial charge in [-0.1, -0.05) is 24.3 Å². The zero-order chi connectivity index (χ0) is 19.5. The van der Waals surface area contributed by atoms with Gasteiger partial charge >= 0.3 is 5.97 Å². The Bertz CT molecular complexity index is 1030. The number of aromatic nitrogens is 1. The van der Waals surface area contributed by atoms with Crippen molar-refractivity contribution in [2.45, 2.75) is 18.9 Å². The van der Waals surface area contributed by atoms with Gasteiger partial charge in [0.15, 0.2) is 5.76 Å². The molecule has 2 aromatic carbocycles. The minimum atomic E-state index is -0.539. The van der Waals surface area contributed by atoms with E-state index in [1.54, 1.807) is 42.5 Å². The number of carbonyl (C=O) groups is 2. The van der Waals surface area contributed by atoms with Crippen molar-refractivity contribution in [3.8, 4) is 22.8 Å². The molecule has 0 radical (unpaired) electrons. The molecule has 2 heterocycles. The minimum Gasteiger partial charge on any atom is -0.460 e. The van der Waals surface area contributed by atoms with E-state index in [2.05, 4.69) is 10.3 Å². The molecule has 1 saturated heterocycles. The summed E-state index contributed by atoms with van der Waals surface area (Å²) in [4.78, 5) is 28.0. The molecule has 28 heavy (non-hydrogen) atoms. The van der Waals surface area contributed by atoms with Gasteiger partial charge in [0.1, 0.15) is 12.4 Å². The Morgan fingerprint density at radius 3 is 2.68 bits per heavy atom. The summed E-state index contributed by atoms with van der Waals surface area (Å²) in [5.74, 6) is -0.536.